The zero-order chi connectivity index (χ0) is 28.8. The first-order chi connectivity index (χ1) is 19.1. The molecule has 0 saturated heterocycles. The topological polar surface area (TPSA) is 129 Å². The van der Waals surface area contributed by atoms with Crippen molar-refractivity contribution in [3.63, 3.8) is 0 Å². The van der Waals surface area contributed by atoms with Gasteiger partial charge in [-0.2, -0.15) is 5.26 Å². The molecule has 0 aliphatic rings. The number of carbonyl (C=O) groups excluding carboxylic acids is 2. The number of aliphatic hydroxyl groups is 1. The van der Waals surface area contributed by atoms with E-state index in [1.165, 1.54) is 13.0 Å². The number of rotatable bonds is 10. The number of nitrogens with one attached hydrogen (secondary N) is 2. The summed E-state index contributed by atoms with van der Waals surface area (Å²) in [6.45, 7) is 7.24. The van der Waals surface area contributed by atoms with E-state index in [1.807, 2.05) is 74.0 Å². The number of nitrogens with zero attached hydrogens (tertiary/aromatic N) is 3. The summed E-state index contributed by atoms with van der Waals surface area (Å²) in [6, 6.07) is 18.2. The number of amides is 2. The summed E-state index contributed by atoms with van der Waals surface area (Å²) in [6.07, 6.45) is 3.09. The molecule has 2 aromatic heterocycles. The highest BCUT2D eigenvalue weighted by molar-refractivity contribution is 5.95. The van der Waals surface area contributed by atoms with Gasteiger partial charge < -0.3 is 24.9 Å². The molecule has 0 aliphatic heterocycles. The van der Waals surface area contributed by atoms with E-state index in [0.717, 1.165) is 28.0 Å². The van der Waals surface area contributed by atoms with E-state index in [9.17, 15) is 20.0 Å². The van der Waals surface area contributed by atoms with Gasteiger partial charge in [-0.05, 0) is 69.5 Å². The highest BCUT2D eigenvalue weighted by Gasteiger charge is 2.19. The Bertz CT molecular complexity index is 1550. The van der Waals surface area contributed by atoms with Crippen LogP contribution in [0.5, 0.6) is 5.75 Å². The van der Waals surface area contributed by atoms with Crippen LogP contribution in [0.1, 0.15) is 47.8 Å². The number of nitriles is 1. The number of hydrogen-bond donors (Lipinski definition) is 3. The van der Waals surface area contributed by atoms with Gasteiger partial charge in [-0.15, -0.1) is 0 Å². The van der Waals surface area contributed by atoms with E-state index in [-0.39, 0.29) is 24.1 Å². The van der Waals surface area contributed by atoms with Crippen LogP contribution >= 0.6 is 0 Å². The molecule has 0 unspecified atom stereocenters. The van der Waals surface area contributed by atoms with Crippen LogP contribution in [0.3, 0.4) is 0 Å². The van der Waals surface area contributed by atoms with Gasteiger partial charge in [-0.3, -0.25) is 9.59 Å². The van der Waals surface area contributed by atoms with Crippen molar-refractivity contribution >= 4 is 17.5 Å². The maximum absolute atomic E-state index is 13.1. The first kappa shape index (κ1) is 28.3. The fourth-order valence-corrected chi connectivity index (χ4v) is 4.32. The molecule has 2 heterocycles. The minimum Gasteiger partial charge on any atom is -0.490 e. The average molecular weight is 540 g/mol. The van der Waals surface area contributed by atoms with Crippen LogP contribution in [0.15, 0.2) is 67.0 Å². The number of ether oxygens (including phenoxy) is 1. The van der Waals surface area contributed by atoms with E-state index in [1.54, 1.807) is 12.1 Å². The third kappa shape index (κ3) is 6.84. The summed E-state index contributed by atoms with van der Waals surface area (Å²) < 4.78 is 7.65. The number of benzene rings is 2. The average Bonchev–Trinajstić information content (AvgIpc) is 3.37. The second-order valence-electron chi connectivity index (χ2n) is 10.0. The van der Waals surface area contributed by atoms with Gasteiger partial charge in [0.15, 0.2) is 0 Å². The van der Waals surface area contributed by atoms with E-state index in [0.29, 0.717) is 17.7 Å². The predicted molar refractivity (Wildman–Crippen MR) is 152 cm³/mol. The Hall–Kier alpha value is -4.68. The number of carbonyl (C=O) groups is 2. The summed E-state index contributed by atoms with van der Waals surface area (Å²) in [4.78, 5) is 29.9. The van der Waals surface area contributed by atoms with E-state index < -0.39 is 18.1 Å². The maximum Gasteiger partial charge on any atom is 0.251 e. The van der Waals surface area contributed by atoms with Gasteiger partial charge >= 0.3 is 0 Å². The highest BCUT2D eigenvalue weighted by atomic mass is 16.5. The molecule has 9 heteroatoms. The lowest BCUT2D eigenvalue weighted by molar-refractivity contribution is -0.128. The monoisotopic (exact) mass is 539 g/mol. The second kappa shape index (κ2) is 12.5. The van der Waals surface area contributed by atoms with E-state index >= 15 is 0 Å². The number of imidazole rings is 1. The molecule has 0 radical (unpaired) electrons. The van der Waals surface area contributed by atoms with Gasteiger partial charge in [-0.25, -0.2) is 4.98 Å². The number of aromatic nitrogens is 2. The predicted octanol–water partition coefficient (Wildman–Crippen LogP) is 3.81. The first-order valence-corrected chi connectivity index (χ1v) is 13.2. The van der Waals surface area contributed by atoms with Gasteiger partial charge in [0.25, 0.3) is 5.91 Å². The Balaban J connectivity index is 1.51. The summed E-state index contributed by atoms with van der Waals surface area (Å²) in [5.74, 6) is -0.505. The van der Waals surface area contributed by atoms with Gasteiger partial charge in [0, 0.05) is 30.1 Å². The van der Waals surface area contributed by atoms with Crippen molar-refractivity contribution in [3.8, 4) is 23.1 Å². The molecule has 0 aliphatic carbocycles. The molecule has 206 valence electrons. The van der Waals surface area contributed by atoms with Crippen molar-refractivity contribution in [1.82, 2.24) is 20.0 Å². The zero-order valence-electron chi connectivity index (χ0n) is 23.0. The summed E-state index contributed by atoms with van der Waals surface area (Å²) in [5.41, 5.74) is 5.32. The maximum atomic E-state index is 13.1. The van der Waals surface area contributed by atoms with Gasteiger partial charge in [0.1, 0.15) is 23.6 Å². The van der Waals surface area contributed by atoms with Crippen LogP contribution in [0.25, 0.3) is 16.9 Å². The Morgan fingerprint density at radius 3 is 2.52 bits per heavy atom. The number of aliphatic hydroxyl groups excluding tert-OH is 1. The van der Waals surface area contributed by atoms with Crippen LogP contribution in [0.2, 0.25) is 0 Å². The van der Waals surface area contributed by atoms with Crippen LogP contribution in [-0.4, -0.2) is 51.1 Å². The number of hydrogen-bond acceptors (Lipinski definition) is 6. The Labute approximate surface area is 233 Å². The van der Waals surface area contributed by atoms with E-state index in [4.69, 9.17) is 9.72 Å². The second-order valence-corrected chi connectivity index (χ2v) is 10.0. The highest BCUT2D eigenvalue weighted by Crippen LogP contribution is 2.23. The number of aryl methyl sites for hydroxylation is 1. The molecule has 3 N–H and O–H groups in total. The van der Waals surface area contributed by atoms with Crippen molar-refractivity contribution in [1.29, 1.82) is 5.26 Å². The van der Waals surface area contributed by atoms with Crippen molar-refractivity contribution in [3.05, 3.63) is 89.2 Å². The fraction of sp³-hybridized carbons (Fsp3) is 0.290. The normalized spacial score (nSPS) is 12.5. The van der Waals surface area contributed by atoms with Crippen LogP contribution < -0.4 is 15.4 Å². The molecule has 0 saturated carbocycles. The molecular formula is C31H33N5O4. The van der Waals surface area contributed by atoms with Gasteiger partial charge in [0.05, 0.1) is 23.4 Å². The fourth-order valence-electron chi connectivity index (χ4n) is 4.32. The van der Waals surface area contributed by atoms with Gasteiger partial charge in [-0.1, -0.05) is 30.3 Å². The number of pyridine rings is 1. The molecule has 2 amide bonds. The lowest BCUT2D eigenvalue weighted by Gasteiger charge is -2.21. The Morgan fingerprint density at radius 2 is 1.88 bits per heavy atom. The smallest absolute Gasteiger partial charge is 0.251 e. The summed E-state index contributed by atoms with van der Waals surface area (Å²) >= 11 is 0. The van der Waals surface area contributed by atoms with Crippen LogP contribution in [-0.2, 0) is 11.2 Å². The Kier molecular flexibility index (Phi) is 8.82. The molecule has 40 heavy (non-hydrogen) atoms. The minimum absolute atomic E-state index is 0.114. The quantitative estimate of drug-likeness (QED) is 0.281. The van der Waals surface area contributed by atoms with Crippen LogP contribution in [0, 0.1) is 18.3 Å². The third-order valence-electron chi connectivity index (χ3n) is 6.37. The zero-order valence-corrected chi connectivity index (χ0v) is 23.0. The van der Waals surface area contributed by atoms with Gasteiger partial charge in [0.2, 0.25) is 5.91 Å². The van der Waals surface area contributed by atoms with Crippen LogP contribution in [0.4, 0.5) is 0 Å². The Morgan fingerprint density at radius 1 is 1.12 bits per heavy atom. The molecule has 0 bridgehead atoms. The first-order valence-electron chi connectivity index (χ1n) is 13.2. The van der Waals surface area contributed by atoms with Crippen molar-refractivity contribution in [2.45, 2.75) is 52.4 Å². The standard InChI is InChI=1S/C31H33N5O4/c1-19(2)40-28-12-11-24(15-25(28)16-32)31(39)34-26(17-33-30(38)21(4)37)14-22-7-9-23(10-8-22)27-18-36-13-5-6-20(3)29(36)35-27/h5-13,15,18-19,21,26,37H,14,17H2,1-4H3,(H,33,38)(H,34,39)/t21-,26-/m0/s1. The van der Waals surface area contributed by atoms with E-state index in [2.05, 4.69) is 16.7 Å². The SMILES string of the molecule is Cc1cccn2cc(-c3ccc(C[C@@H](CNC(=O)[C@H](C)O)NC(=O)c4ccc(OC(C)C)c(C#N)c4)cc3)nc12. The van der Waals surface area contributed by atoms with Crippen molar-refractivity contribution in [2.75, 3.05) is 6.54 Å². The molecular weight excluding hydrogens is 506 g/mol. The number of fused-ring (bicyclic) bond motifs is 1. The van der Waals surface area contributed by atoms with Crippen molar-refractivity contribution in [2.24, 2.45) is 0 Å². The molecule has 4 rings (SSSR count). The molecule has 2 aromatic carbocycles. The molecule has 9 nitrogen and oxygen atoms in total. The molecule has 4 aromatic rings. The lowest BCUT2D eigenvalue weighted by atomic mass is 10.0. The third-order valence-corrected chi connectivity index (χ3v) is 6.37. The molecule has 2 atom stereocenters. The molecule has 0 spiro atoms. The summed E-state index contributed by atoms with van der Waals surface area (Å²) in [5, 5.41) is 24.8. The summed E-state index contributed by atoms with van der Waals surface area (Å²) in [7, 11) is 0. The van der Waals surface area contributed by atoms with Crippen molar-refractivity contribution < 1.29 is 19.4 Å². The minimum atomic E-state index is -1.17. The molecule has 0 fully saturated rings. The largest absolute Gasteiger partial charge is 0.490 e. The lowest BCUT2D eigenvalue weighted by Crippen LogP contribution is -2.46.